The summed E-state index contributed by atoms with van der Waals surface area (Å²) in [4.78, 5) is 23.2. The van der Waals surface area contributed by atoms with Crippen molar-refractivity contribution in [3.63, 3.8) is 0 Å². The summed E-state index contributed by atoms with van der Waals surface area (Å²) in [5.41, 5.74) is 2.14. The third-order valence-electron chi connectivity index (χ3n) is 4.43. The van der Waals surface area contributed by atoms with Crippen molar-refractivity contribution < 1.29 is 4.79 Å². The summed E-state index contributed by atoms with van der Waals surface area (Å²) >= 11 is 0. The fourth-order valence-corrected chi connectivity index (χ4v) is 2.68. The fraction of sp³-hybridized carbons (Fsp3) is 0.438. The van der Waals surface area contributed by atoms with E-state index < -0.39 is 0 Å². The van der Waals surface area contributed by atoms with Gasteiger partial charge in [-0.15, -0.1) is 0 Å². The quantitative estimate of drug-likeness (QED) is 0.914. The Hall–Kier alpha value is -2.01. The number of piperidine rings is 1. The first kappa shape index (κ1) is 13.9. The van der Waals surface area contributed by atoms with Gasteiger partial charge in [0.15, 0.2) is 0 Å². The lowest BCUT2D eigenvalue weighted by atomic mass is 9.90. The zero-order chi connectivity index (χ0) is 14.9. The van der Waals surface area contributed by atoms with E-state index in [1.54, 1.807) is 6.20 Å². The summed E-state index contributed by atoms with van der Waals surface area (Å²) in [7, 11) is 1.98. The predicted molar refractivity (Wildman–Crippen MR) is 82.1 cm³/mol. The maximum Gasteiger partial charge on any atom is 0.274 e. The van der Waals surface area contributed by atoms with Gasteiger partial charge >= 0.3 is 0 Å². The van der Waals surface area contributed by atoms with E-state index >= 15 is 0 Å². The molecule has 21 heavy (non-hydrogen) atoms. The number of carbonyl (C=O) groups is 1. The topological polar surface area (TPSA) is 58.1 Å². The summed E-state index contributed by atoms with van der Waals surface area (Å²) in [6.45, 7) is 3.71. The fourth-order valence-electron chi connectivity index (χ4n) is 2.68. The van der Waals surface area contributed by atoms with Crippen LogP contribution in [0.15, 0.2) is 30.5 Å². The summed E-state index contributed by atoms with van der Waals surface area (Å²) in [6.07, 6.45) is 3.49. The standard InChI is InChI=1S/C16H20N4O/c1-16(17-2)7-9-20(10-8-16)15(21)14-11-18-12-5-3-4-6-13(12)19-14/h3-6,11,17H,7-10H2,1-2H3. The van der Waals surface area contributed by atoms with Crippen LogP contribution in [-0.4, -0.2) is 46.5 Å². The first-order valence-electron chi connectivity index (χ1n) is 7.31. The van der Waals surface area contributed by atoms with Gasteiger partial charge in [0.1, 0.15) is 5.69 Å². The van der Waals surface area contributed by atoms with Gasteiger partial charge in [0.25, 0.3) is 5.91 Å². The molecule has 2 heterocycles. The lowest BCUT2D eigenvalue weighted by Crippen LogP contribution is -2.51. The van der Waals surface area contributed by atoms with Gasteiger partial charge in [-0.3, -0.25) is 9.78 Å². The molecule has 5 heteroatoms. The monoisotopic (exact) mass is 284 g/mol. The number of hydrogen-bond donors (Lipinski definition) is 1. The lowest BCUT2D eigenvalue weighted by molar-refractivity contribution is 0.0656. The summed E-state index contributed by atoms with van der Waals surface area (Å²) in [5.74, 6) is -0.0218. The Bertz CT molecular complexity index is 662. The van der Waals surface area contributed by atoms with Gasteiger partial charge in [0.05, 0.1) is 17.2 Å². The first-order valence-corrected chi connectivity index (χ1v) is 7.31. The van der Waals surface area contributed by atoms with E-state index in [-0.39, 0.29) is 11.4 Å². The molecule has 1 saturated heterocycles. The van der Waals surface area contributed by atoms with Crippen LogP contribution in [-0.2, 0) is 0 Å². The SMILES string of the molecule is CNC1(C)CCN(C(=O)c2cnc3ccccc3n2)CC1. The molecule has 1 aliphatic heterocycles. The number of para-hydroxylation sites is 2. The minimum atomic E-state index is -0.0218. The lowest BCUT2D eigenvalue weighted by Gasteiger charge is -2.39. The Labute approximate surface area is 124 Å². The summed E-state index contributed by atoms with van der Waals surface area (Å²) in [6, 6.07) is 7.61. The van der Waals surface area contributed by atoms with Gasteiger partial charge in [-0.05, 0) is 38.9 Å². The van der Waals surface area contributed by atoms with Gasteiger partial charge in [-0.2, -0.15) is 0 Å². The van der Waals surface area contributed by atoms with Gasteiger partial charge in [0.2, 0.25) is 0 Å². The molecule has 0 bridgehead atoms. The van der Waals surface area contributed by atoms with Crippen LogP contribution >= 0.6 is 0 Å². The number of fused-ring (bicyclic) bond motifs is 1. The number of nitrogens with one attached hydrogen (secondary N) is 1. The van der Waals surface area contributed by atoms with Crippen LogP contribution in [0.5, 0.6) is 0 Å². The van der Waals surface area contributed by atoms with Gasteiger partial charge in [-0.1, -0.05) is 12.1 Å². The molecule has 1 aromatic carbocycles. The molecule has 1 amide bonds. The van der Waals surface area contributed by atoms with Crippen LogP contribution in [0.25, 0.3) is 11.0 Å². The summed E-state index contributed by atoms with van der Waals surface area (Å²) < 4.78 is 0. The normalized spacial score (nSPS) is 17.9. The van der Waals surface area contributed by atoms with Gasteiger partial charge < -0.3 is 10.2 Å². The van der Waals surface area contributed by atoms with Crippen molar-refractivity contribution in [2.24, 2.45) is 0 Å². The van der Waals surface area contributed by atoms with Crippen molar-refractivity contribution in [3.05, 3.63) is 36.2 Å². The maximum atomic E-state index is 12.5. The second-order valence-electron chi connectivity index (χ2n) is 5.85. The molecule has 1 fully saturated rings. The predicted octanol–water partition coefficient (Wildman–Crippen LogP) is 1.84. The van der Waals surface area contributed by atoms with Crippen molar-refractivity contribution in [2.75, 3.05) is 20.1 Å². The van der Waals surface area contributed by atoms with E-state index in [0.717, 1.165) is 37.0 Å². The second-order valence-corrected chi connectivity index (χ2v) is 5.85. The number of hydrogen-bond acceptors (Lipinski definition) is 4. The number of aromatic nitrogens is 2. The van der Waals surface area contributed by atoms with Crippen molar-refractivity contribution >= 4 is 16.9 Å². The third-order valence-corrected chi connectivity index (χ3v) is 4.43. The molecule has 110 valence electrons. The van der Waals surface area contributed by atoms with Crippen molar-refractivity contribution in [1.29, 1.82) is 0 Å². The largest absolute Gasteiger partial charge is 0.337 e. The Morgan fingerprint density at radius 1 is 1.24 bits per heavy atom. The van der Waals surface area contributed by atoms with Crippen LogP contribution < -0.4 is 5.32 Å². The minimum absolute atomic E-state index is 0.0218. The van der Waals surface area contributed by atoms with Gasteiger partial charge in [-0.25, -0.2) is 4.98 Å². The van der Waals surface area contributed by atoms with E-state index in [0.29, 0.717) is 5.69 Å². The molecule has 0 aliphatic carbocycles. The molecule has 5 nitrogen and oxygen atoms in total. The highest BCUT2D eigenvalue weighted by Crippen LogP contribution is 2.22. The number of benzene rings is 1. The Morgan fingerprint density at radius 3 is 2.57 bits per heavy atom. The molecule has 2 aromatic rings. The molecule has 1 aromatic heterocycles. The van der Waals surface area contributed by atoms with Crippen molar-refractivity contribution in [1.82, 2.24) is 20.2 Å². The van der Waals surface area contributed by atoms with E-state index in [4.69, 9.17) is 0 Å². The molecule has 1 N–H and O–H groups in total. The van der Waals surface area contributed by atoms with Crippen LogP contribution in [0.3, 0.4) is 0 Å². The van der Waals surface area contributed by atoms with Crippen LogP contribution in [0.2, 0.25) is 0 Å². The number of rotatable bonds is 2. The van der Waals surface area contributed by atoms with E-state index in [1.807, 2.05) is 36.2 Å². The second kappa shape index (κ2) is 5.41. The van der Waals surface area contributed by atoms with E-state index in [1.165, 1.54) is 0 Å². The van der Waals surface area contributed by atoms with Crippen molar-refractivity contribution in [2.45, 2.75) is 25.3 Å². The maximum absolute atomic E-state index is 12.5. The van der Waals surface area contributed by atoms with Crippen LogP contribution in [0.1, 0.15) is 30.3 Å². The van der Waals surface area contributed by atoms with Crippen LogP contribution in [0.4, 0.5) is 0 Å². The Kier molecular flexibility index (Phi) is 3.59. The molecule has 0 radical (unpaired) electrons. The number of nitrogens with zero attached hydrogens (tertiary/aromatic N) is 3. The Balaban J connectivity index is 1.78. The molecule has 1 aliphatic rings. The molecule has 3 rings (SSSR count). The average molecular weight is 284 g/mol. The molecular formula is C16H20N4O. The summed E-state index contributed by atoms with van der Waals surface area (Å²) in [5, 5.41) is 3.34. The van der Waals surface area contributed by atoms with Crippen molar-refractivity contribution in [3.8, 4) is 0 Å². The zero-order valence-corrected chi connectivity index (χ0v) is 12.5. The van der Waals surface area contributed by atoms with Crippen LogP contribution in [0, 0.1) is 0 Å². The smallest absolute Gasteiger partial charge is 0.274 e. The molecule has 0 atom stereocenters. The highest BCUT2D eigenvalue weighted by molar-refractivity contribution is 5.93. The molecule has 0 unspecified atom stereocenters. The number of amides is 1. The Morgan fingerprint density at radius 2 is 1.90 bits per heavy atom. The van der Waals surface area contributed by atoms with Gasteiger partial charge in [0, 0.05) is 18.6 Å². The average Bonchev–Trinajstić information content (AvgIpc) is 2.54. The highest BCUT2D eigenvalue weighted by atomic mass is 16.2. The molecular weight excluding hydrogens is 264 g/mol. The number of carbonyl (C=O) groups excluding carboxylic acids is 1. The number of likely N-dealkylation sites (tertiary alicyclic amines) is 1. The van der Waals surface area contributed by atoms with E-state index in [9.17, 15) is 4.79 Å². The minimum Gasteiger partial charge on any atom is -0.337 e. The third kappa shape index (κ3) is 2.74. The molecule has 0 spiro atoms. The molecule has 0 saturated carbocycles. The van der Waals surface area contributed by atoms with E-state index in [2.05, 4.69) is 22.2 Å². The first-order chi connectivity index (χ1) is 10.1. The zero-order valence-electron chi connectivity index (χ0n) is 12.5. The highest BCUT2D eigenvalue weighted by Gasteiger charge is 2.31.